The van der Waals surface area contributed by atoms with E-state index < -0.39 is 5.60 Å². The molecule has 17 heavy (non-hydrogen) atoms. The summed E-state index contributed by atoms with van der Waals surface area (Å²) in [7, 11) is 0. The molecule has 2 aliphatic rings. The van der Waals surface area contributed by atoms with Gasteiger partial charge >= 0.3 is 0 Å². The molecule has 0 radical (unpaired) electrons. The molecule has 1 N–H and O–H groups in total. The Balaban J connectivity index is 2.06. The van der Waals surface area contributed by atoms with Crippen molar-refractivity contribution in [1.82, 2.24) is 0 Å². The number of benzene rings is 1. The molecule has 0 amide bonds. The van der Waals surface area contributed by atoms with Gasteiger partial charge in [-0.05, 0) is 62.1 Å². The van der Waals surface area contributed by atoms with Crippen LogP contribution in [0.25, 0.3) is 0 Å². The van der Waals surface area contributed by atoms with Crippen LogP contribution < -0.4 is 0 Å². The lowest BCUT2D eigenvalue weighted by Crippen LogP contribution is -2.26. The van der Waals surface area contributed by atoms with Crippen molar-refractivity contribution < 1.29 is 5.11 Å². The van der Waals surface area contributed by atoms with Crippen molar-refractivity contribution in [2.75, 3.05) is 0 Å². The van der Waals surface area contributed by atoms with Gasteiger partial charge in [-0.1, -0.05) is 29.8 Å². The van der Waals surface area contributed by atoms with E-state index in [0.29, 0.717) is 0 Å². The highest BCUT2D eigenvalue weighted by Gasteiger charge is 2.39. The second kappa shape index (κ2) is 3.99. The van der Waals surface area contributed by atoms with Crippen LogP contribution >= 0.6 is 0 Å². The zero-order chi connectivity index (χ0) is 11.9. The Hall–Kier alpha value is -1.08. The van der Waals surface area contributed by atoms with E-state index in [-0.39, 0.29) is 0 Å². The maximum absolute atomic E-state index is 11.0. The number of hydrogen-bond donors (Lipinski definition) is 1. The first kappa shape index (κ1) is 11.0. The summed E-state index contributed by atoms with van der Waals surface area (Å²) in [5.41, 5.74) is 4.38. The predicted molar refractivity (Wildman–Crippen MR) is 69.9 cm³/mol. The molecule has 1 atom stereocenters. The van der Waals surface area contributed by atoms with E-state index >= 15 is 0 Å². The van der Waals surface area contributed by atoms with Crippen molar-refractivity contribution >= 4 is 0 Å². The molecule has 0 saturated heterocycles. The van der Waals surface area contributed by atoms with Crippen LogP contribution in [0, 0.1) is 6.92 Å². The fourth-order valence-electron chi connectivity index (χ4n) is 3.29. The minimum atomic E-state index is -0.651. The molecule has 0 fully saturated rings. The van der Waals surface area contributed by atoms with Crippen LogP contribution in [0.4, 0.5) is 0 Å². The minimum absolute atomic E-state index is 0.651. The van der Waals surface area contributed by atoms with Crippen molar-refractivity contribution in [1.29, 1.82) is 0 Å². The van der Waals surface area contributed by atoms with Crippen LogP contribution in [0.1, 0.15) is 48.8 Å². The van der Waals surface area contributed by atoms with Crippen LogP contribution in [0.5, 0.6) is 0 Å². The SMILES string of the molecule is Cc1ccc2c(c1)C(O)(C1=CCCCC1)CC2. The molecule has 0 aromatic heterocycles. The van der Waals surface area contributed by atoms with E-state index in [2.05, 4.69) is 31.2 Å². The van der Waals surface area contributed by atoms with Gasteiger partial charge in [-0.3, -0.25) is 0 Å². The molecule has 0 aliphatic heterocycles. The highest BCUT2D eigenvalue weighted by molar-refractivity contribution is 5.45. The largest absolute Gasteiger partial charge is 0.381 e. The molecule has 90 valence electrons. The van der Waals surface area contributed by atoms with E-state index in [1.165, 1.54) is 35.1 Å². The number of fused-ring (bicyclic) bond motifs is 1. The molecular formula is C16H20O. The predicted octanol–water partition coefficient (Wildman–Crippen LogP) is 3.63. The van der Waals surface area contributed by atoms with Gasteiger partial charge in [-0.25, -0.2) is 0 Å². The summed E-state index contributed by atoms with van der Waals surface area (Å²) >= 11 is 0. The molecule has 0 spiro atoms. The van der Waals surface area contributed by atoms with Gasteiger partial charge in [-0.15, -0.1) is 0 Å². The van der Waals surface area contributed by atoms with Crippen LogP contribution in [0.15, 0.2) is 29.8 Å². The van der Waals surface area contributed by atoms with Crippen molar-refractivity contribution in [3.8, 4) is 0 Å². The summed E-state index contributed by atoms with van der Waals surface area (Å²) in [4.78, 5) is 0. The fourth-order valence-corrected chi connectivity index (χ4v) is 3.29. The first-order valence-corrected chi connectivity index (χ1v) is 6.72. The smallest absolute Gasteiger partial charge is 0.111 e. The lowest BCUT2D eigenvalue weighted by atomic mass is 9.81. The number of aryl methyl sites for hydroxylation is 2. The van der Waals surface area contributed by atoms with Gasteiger partial charge in [0.25, 0.3) is 0 Å². The number of hydrogen-bond acceptors (Lipinski definition) is 1. The molecule has 1 aromatic rings. The molecule has 2 aliphatic carbocycles. The van der Waals surface area contributed by atoms with Gasteiger partial charge in [-0.2, -0.15) is 0 Å². The maximum Gasteiger partial charge on any atom is 0.111 e. The molecule has 0 bridgehead atoms. The van der Waals surface area contributed by atoms with Crippen LogP contribution in [0.3, 0.4) is 0 Å². The van der Waals surface area contributed by atoms with Crippen molar-refractivity contribution in [2.24, 2.45) is 0 Å². The van der Waals surface area contributed by atoms with Crippen LogP contribution in [-0.2, 0) is 12.0 Å². The standard InChI is InChI=1S/C16H20O/c1-12-7-8-13-9-10-16(17,15(13)11-12)14-5-3-2-4-6-14/h5,7-8,11,17H,2-4,6,9-10H2,1H3. The van der Waals surface area contributed by atoms with E-state index in [1.54, 1.807) is 0 Å². The first-order valence-electron chi connectivity index (χ1n) is 6.72. The Morgan fingerprint density at radius 1 is 1.18 bits per heavy atom. The third-order valence-electron chi connectivity index (χ3n) is 4.29. The number of allylic oxidation sites excluding steroid dienone is 1. The third kappa shape index (κ3) is 1.73. The summed E-state index contributed by atoms with van der Waals surface area (Å²) in [5.74, 6) is 0. The topological polar surface area (TPSA) is 20.2 Å². The average Bonchev–Trinajstić information content (AvgIpc) is 2.70. The molecule has 1 aromatic carbocycles. The normalized spacial score (nSPS) is 27.8. The second-order valence-corrected chi connectivity index (χ2v) is 5.50. The van der Waals surface area contributed by atoms with Gasteiger partial charge in [0.2, 0.25) is 0 Å². The third-order valence-corrected chi connectivity index (χ3v) is 4.29. The summed E-state index contributed by atoms with van der Waals surface area (Å²) in [5, 5.41) is 11.0. The molecule has 0 saturated carbocycles. The van der Waals surface area contributed by atoms with Gasteiger partial charge in [0.05, 0.1) is 0 Å². The first-order chi connectivity index (χ1) is 8.20. The summed E-state index contributed by atoms with van der Waals surface area (Å²) in [6.45, 7) is 2.11. The number of aliphatic hydroxyl groups is 1. The van der Waals surface area contributed by atoms with Crippen molar-refractivity contribution in [2.45, 2.75) is 51.0 Å². The van der Waals surface area contributed by atoms with Crippen LogP contribution in [-0.4, -0.2) is 5.11 Å². The molecule has 1 unspecified atom stereocenters. The second-order valence-electron chi connectivity index (χ2n) is 5.50. The summed E-state index contributed by atoms with van der Waals surface area (Å²) < 4.78 is 0. The highest BCUT2D eigenvalue weighted by Crippen LogP contribution is 2.45. The van der Waals surface area contributed by atoms with E-state index in [4.69, 9.17) is 0 Å². The lowest BCUT2D eigenvalue weighted by molar-refractivity contribution is 0.0726. The van der Waals surface area contributed by atoms with Gasteiger partial charge in [0.15, 0.2) is 0 Å². The van der Waals surface area contributed by atoms with Gasteiger partial charge in [0.1, 0.15) is 5.60 Å². The molecule has 1 heteroatoms. The van der Waals surface area contributed by atoms with Crippen molar-refractivity contribution in [3.05, 3.63) is 46.5 Å². The average molecular weight is 228 g/mol. The summed E-state index contributed by atoms with van der Waals surface area (Å²) in [6, 6.07) is 6.52. The zero-order valence-corrected chi connectivity index (χ0v) is 10.5. The fraction of sp³-hybridized carbons (Fsp3) is 0.500. The molecular weight excluding hydrogens is 208 g/mol. The Labute approximate surface area is 103 Å². The quantitative estimate of drug-likeness (QED) is 0.728. The molecule has 3 rings (SSSR count). The van der Waals surface area contributed by atoms with Crippen molar-refractivity contribution in [3.63, 3.8) is 0 Å². The van der Waals surface area contributed by atoms with Crippen LogP contribution in [0.2, 0.25) is 0 Å². The maximum atomic E-state index is 11.0. The van der Waals surface area contributed by atoms with Gasteiger partial charge in [0, 0.05) is 0 Å². The number of rotatable bonds is 1. The monoisotopic (exact) mass is 228 g/mol. The van der Waals surface area contributed by atoms with E-state index in [9.17, 15) is 5.11 Å². The zero-order valence-electron chi connectivity index (χ0n) is 10.5. The summed E-state index contributed by atoms with van der Waals surface area (Å²) in [6.07, 6.45) is 8.89. The van der Waals surface area contributed by atoms with Gasteiger partial charge < -0.3 is 5.11 Å². The Kier molecular flexibility index (Phi) is 2.59. The van der Waals surface area contributed by atoms with E-state index in [1.807, 2.05) is 0 Å². The van der Waals surface area contributed by atoms with E-state index in [0.717, 1.165) is 25.7 Å². The Bertz CT molecular complexity index is 472. The highest BCUT2D eigenvalue weighted by atomic mass is 16.3. The lowest BCUT2D eigenvalue weighted by Gasteiger charge is -2.30. The minimum Gasteiger partial charge on any atom is -0.381 e. The Morgan fingerprint density at radius 2 is 2.06 bits per heavy atom. The Morgan fingerprint density at radius 3 is 2.82 bits per heavy atom. The molecule has 0 heterocycles. The molecule has 1 nitrogen and oxygen atoms in total.